The van der Waals surface area contributed by atoms with Crippen molar-refractivity contribution >= 4 is 29.3 Å². The maximum absolute atomic E-state index is 7.27. The molecule has 0 aliphatic heterocycles. The Kier molecular flexibility index (Phi) is 4.12. The molecule has 0 bridgehead atoms. The average molecular weight is 216 g/mol. The number of rotatable bonds is 3. The third-order valence-corrected chi connectivity index (χ3v) is 2.96. The van der Waals surface area contributed by atoms with Gasteiger partial charge in [-0.1, -0.05) is 23.7 Å². The molecule has 0 amide bonds. The zero-order valence-electron chi connectivity index (χ0n) is 7.21. The molecule has 0 unspecified atom stereocenters. The summed E-state index contributed by atoms with van der Waals surface area (Å²) in [6.45, 7) is 0. The molecular weight excluding hydrogens is 206 g/mol. The fraction of sp³-hybridized carbons (Fsp3) is 0.222. The standard InChI is InChI=1S/C9H10ClNOS/c1-12-9(11)6-13-8-5-3-2-4-7(8)10/h2-5,11H,6H2,1H3. The molecule has 0 aliphatic carbocycles. The molecule has 4 heteroatoms. The van der Waals surface area contributed by atoms with Crippen LogP contribution in [0.5, 0.6) is 0 Å². The van der Waals surface area contributed by atoms with E-state index in [1.807, 2.05) is 24.3 Å². The van der Waals surface area contributed by atoms with Crippen molar-refractivity contribution in [2.45, 2.75) is 4.90 Å². The number of hydrogen-bond donors (Lipinski definition) is 1. The monoisotopic (exact) mass is 215 g/mol. The van der Waals surface area contributed by atoms with Gasteiger partial charge in [-0.15, -0.1) is 11.8 Å². The Bertz CT molecular complexity index is 303. The van der Waals surface area contributed by atoms with Gasteiger partial charge < -0.3 is 4.74 Å². The molecule has 0 fully saturated rings. The molecule has 1 aromatic carbocycles. The number of nitrogens with one attached hydrogen (secondary N) is 1. The highest BCUT2D eigenvalue weighted by Gasteiger charge is 2.01. The van der Waals surface area contributed by atoms with Gasteiger partial charge in [0, 0.05) is 4.90 Å². The molecule has 0 saturated heterocycles. The Balaban J connectivity index is 2.54. The number of methoxy groups -OCH3 is 1. The first-order chi connectivity index (χ1) is 6.24. The molecule has 0 atom stereocenters. The number of ether oxygens (including phenoxy) is 1. The summed E-state index contributed by atoms with van der Waals surface area (Å²) in [6.07, 6.45) is 0. The lowest BCUT2D eigenvalue weighted by Crippen LogP contribution is -2.01. The number of thioether (sulfide) groups is 1. The molecule has 1 rings (SSSR count). The van der Waals surface area contributed by atoms with Gasteiger partial charge in [-0.05, 0) is 12.1 Å². The van der Waals surface area contributed by atoms with Crippen molar-refractivity contribution in [2.75, 3.05) is 12.9 Å². The Morgan fingerprint density at radius 3 is 2.85 bits per heavy atom. The highest BCUT2D eigenvalue weighted by atomic mass is 35.5. The molecule has 0 aromatic heterocycles. The molecule has 70 valence electrons. The Labute approximate surface area is 86.8 Å². The third-order valence-electron chi connectivity index (χ3n) is 1.44. The quantitative estimate of drug-likeness (QED) is 0.478. The van der Waals surface area contributed by atoms with Gasteiger partial charge in [0.05, 0.1) is 17.9 Å². The van der Waals surface area contributed by atoms with Gasteiger partial charge in [-0.3, -0.25) is 5.41 Å². The van der Waals surface area contributed by atoms with Crippen LogP contribution in [0, 0.1) is 5.41 Å². The van der Waals surface area contributed by atoms with Gasteiger partial charge in [0.1, 0.15) is 0 Å². The predicted octanol–water partition coefficient (Wildman–Crippen LogP) is 3.06. The van der Waals surface area contributed by atoms with Gasteiger partial charge in [-0.2, -0.15) is 0 Å². The van der Waals surface area contributed by atoms with Crippen LogP contribution in [0.3, 0.4) is 0 Å². The maximum atomic E-state index is 7.27. The van der Waals surface area contributed by atoms with E-state index in [9.17, 15) is 0 Å². The lowest BCUT2D eigenvalue weighted by atomic mass is 10.4. The van der Waals surface area contributed by atoms with E-state index < -0.39 is 0 Å². The fourth-order valence-electron chi connectivity index (χ4n) is 0.764. The second-order valence-electron chi connectivity index (χ2n) is 2.35. The van der Waals surface area contributed by atoms with E-state index in [1.54, 1.807) is 0 Å². The summed E-state index contributed by atoms with van der Waals surface area (Å²) in [6, 6.07) is 7.56. The van der Waals surface area contributed by atoms with Crippen LogP contribution in [-0.2, 0) is 4.74 Å². The molecule has 0 heterocycles. The zero-order chi connectivity index (χ0) is 9.68. The molecule has 13 heavy (non-hydrogen) atoms. The Morgan fingerprint density at radius 1 is 1.54 bits per heavy atom. The van der Waals surface area contributed by atoms with Crippen molar-refractivity contribution in [1.82, 2.24) is 0 Å². The minimum atomic E-state index is 0.255. The van der Waals surface area contributed by atoms with Crippen molar-refractivity contribution in [3.05, 3.63) is 29.3 Å². The van der Waals surface area contributed by atoms with Crippen molar-refractivity contribution in [3.8, 4) is 0 Å². The summed E-state index contributed by atoms with van der Waals surface area (Å²) in [4.78, 5) is 0.978. The Hall–Kier alpha value is -0.670. The molecule has 0 radical (unpaired) electrons. The van der Waals surface area contributed by atoms with E-state index in [1.165, 1.54) is 18.9 Å². The minimum Gasteiger partial charge on any atom is -0.484 e. The molecular formula is C9H10ClNOS. The van der Waals surface area contributed by atoms with Crippen molar-refractivity contribution in [1.29, 1.82) is 5.41 Å². The van der Waals surface area contributed by atoms with Crippen LogP contribution in [0.2, 0.25) is 5.02 Å². The summed E-state index contributed by atoms with van der Waals surface area (Å²) in [7, 11) is 1.50. The molecule has 0 spiro atoms. The summed E-state index contributed by atoms with van der Waals surface area (Å²) >= 11 is 7.42. The van der Waals surface area contributed by atoms with Gasteiger partial charge in [-0.25, -0.2) is 0 Å². The molecule has 0 saturated carbocycles. The van der Waals surface area contributed by atoms with Crippen LogP contribution in [0.25, 0.3) is 0 Å². The van der Waals surface area contributed by atoms with Crippen LogP contribution >= 0.6 is 23.4 Å². The molecule has 0 aliphatic rings. The van der Waals surface area contributed by atoms with Crippen molar-refractivity contribution in [2.24, 2.45) is 0 Å². The SMILES string of the molecule is COC(=N)CSc1ccccc1Cl. The van der Waals surface area contributed by atoms with E-state index in [2.05, 4.69) is 0 Å². The third kappa shape index (κ3) is 3.28. The number of hydrogen-bond acceptors (Lipinski definition) is 3. The van der Waals surface area contributed by atoms with Crippen LogP contribution in [-0.4, -0.2) is 18.8 Å². The first-order valence-electron chi connectivity index (χ1n) is 3.73. The largest absolute Gasteiger partial charge is 0.484 e. The second-order valence-corrected chi connectivity index (χ2v) is 3.77. The topological polar surface area (TPSA) is 33.1 Å². The van der Waals surface area contributed by atoms with Gasteiger partial charge in [0.15, 0.2) is 5.90 Å². The zero-order valence-corrected chi connectivity index (χ0v) is 8.78. The van der Waals surface area contributed by atoms with Gasteiger partial charge in [0.2, 0.25) is 0 Å². The number of halogens is 1. The van der Waals surface area contributed by atoms with E-state index in [0.717, 1.165) is 9.92 Å². The molecule has 1 aromatic rings. The molecule has 1 N–H and O–H groups in total. The lowest BCUT2D eigenvalue weighted by molar-refractivity contribution is 0.397. The van der Waals surface area contributed by atoms with Gasteiger partial charge >= 0.3 is 0 Å². The summed E-state index contributed by atoms with van der Waals surface area (Å²) in [5.74, 6) is 0.769. The summed E-state index contributed by atoms with van der Waals surface area (Å²) in [5, 5.41) is 7.99. The van der Waals surface area contributed by atoms with Gasteiger partial charge in [0.25, 0.3) is 0 Å². The first-order valence-corrected chi connectivity index (χ1v) is 5.09. The van der Waals surface area contributed by atoms with Crippen LogP contribution < -0.4 is 0 Å². The smallest absolute Gasteiger partial charge is 0.190 e. The van der Waals surface area contributed by atoms with Crippen molar-refractivity contribution in [3.63, 3.8) is 0 Å². The van der Waals surface area contributed by atoms with E-state index in [-0.39, 0.29) is 5.90 Å². The highest BCUT2D eigenvalue weighted by Crippen LogP contribution is 2.26. The van der Waals surface area contributed by atoms with Crippen molar-refractivity contribution < 1.29 is 4.74 Å². The maximum Gasteiger partial charge on any atom is 0.190 e. The lowest BCUT2D eigenvalue weighted by Gasteiger charge is -2.03. The highest BCUT2D eigenvalue weighted by molar-refractivity contribution is 8.00. The predicted molar refractivity (Wildman–Crippen MR) is 56.9 cm³/mol. The van der Waals surface area contributed by atoms with Crippen LogP contribution in [0.4, 0.5) is 0 Å². The molecule has 2 nitrogen and oxygen atoms in total. The first kappa shape index (κ1) is 10.4. The fourth-order valence-corrected chi connectivity index (χ4v) is 1.85. The minimum absolute atomic E-state index is 0.255. The van der Waals surface area contributed by atoms with E-state index in [0.29, 0.717) is 5.75 Å². The van der Waals surface area contributed by atoms with E-state index in [4.69, 9.17) is 21.7 Å². The van der Waals surface area contributed by atoms with E-state index >= 15 is 0 Å². The normalized spacial score (nSPS) is 9.69. The van der Waals surface area contributed by atoms with Crippen LogP contribution in [0.15, 0.2) is 29.2 Å². The summed E-state index contributed by atoms with van der Waals surface area (Å²) < 4.78 is 4.73. The second kappa shape index (κ2) is 5.14. The average Bonchev–Trinajstić information content (AvgIpc) is 2.16. The summed E-state index contributed by atoms with van der Waals surface area (Å²) in [5.41, 5.74) is 0. The number of benzene rings is 1. The van der Waals surface area contributed by atoms with Crippen LogP contribution in [0.1, 0.15) is 0 Å². The Morgan fingerprint density at radius 2 is 2.23 bits per heavy atom.